The van der Waals surface area contributed by atoms with Gasteiger partial charge in [-0.1, -0.05) is 15.9 Å². The Bertz CT molecular complexity index is 539. The number of hydrogen-bond acceptors (Lipinski definition) is 2. The maximum absolute atomic E-state index is 13.8. The van der Waals surface area contributed by atoms with Gasteiger partial charge in [0.1, 0.15) is 5.82 Å². The zero-order chi connectivity index (χ0) is 16.7. The van der Waals surface area contributed by atoms with E-state index in [0.717, 1.165) is 55.4 Å². The van der Waals surface area contributed by atoms with Crippen LogP contribution in [0.2, 0.25) is 0 Å². The molecule has 1 saturated heterocycles. The number of nitrogens with zero attached hydrogens (tertiary/aromatic N) is 2. The van der Waals surface area contributed by atoms with E-state index in [-0.39, 0.29) is 29.8 Å². The minimum Gasteiger partial charge on any atom is -0.381 e. The quantitative estimate of drug-likeness (QED) is 0.367. The van der Waals surface area contributed by atoms with Crippen LogP contribution in [0.15, 0.2) is 27.7 Å². The van der Waals surface area contributed by atoms with Gasteiger partial charge < -0.3 is 15.0 Å². The second kappa shape index (κ2) is 11.3. The number of benzene rings is 1. The Morgan fingerprint density at radius 2 is 2.12 bits per heavy atom. The zero-order valence-corrected chi connectivity index (χ0v) is 18.1. The molecule has 1 heterocycles. The summed E-state index contributed by atoms with van der Waals surface area (Å²) in [5.74, 6) is 1.31. The average Bonchev–Trinajstić information content (AvgIpc) is 2.57. The summed E-state index contributed by atoms with van der Waals surface area (Å²) in [7, 11) is 3.77. The topological polar surface area (TPSA) is 36.9 Å². The number of guanidine groups is 1. The molecule has 1 aromatic carbocycles. The number of ether oxygens (including phenoxy) is 1. The first-order valence-electron chi connectivity index (χ1n) is 8.03. The number of hydrogen-bond donors (Lipinski definition) is 1. The molecule has 1 N–H and O–H groups in total. The van der Waals surface area contributed by atoms with Crippen LogP contribution in [0.4, 0.5) is 4.39 Å². The predicted molar refractivity (Wildman–Crippen MR) is 111 cm³/mol. The molecule has 0 bridgehead atoms. The standard InChI is InChI=1S/C17H25BrFN3O.HI/c1-20-17(21-12-14-11-15(18)3-4-16(14)19)22(2)8-5-13-6-9-23-10-7-13;/h3-4,11,13H,5-10,12H2,1-2H3,(H,20,21);1H. The van der Waals surface area contributed by atoms with Crippen molar-refractivity contribution in [3.63, 3.8) is 0 Å². The summed E-state index contributed by atoms with van der Waals surface area (Å²) < 4.78 is 20.1. The van der Waals surface area contributed by atoms with Crippen LogP contribution in [-0.2, 0) is 11.3 Å². The van der Waals surface area contributed by atoms with Crippen LogP contribution < -0.4 is 5.32 Å². The Balaban J connectivity index is 0.00000288. The van der Waals surface area contributed by atoms with E-state index in [1.54, 1.807) is 19.2 Å². The number of aliphatic imine (C=N–C) groups is 1. The highest BCUT2D eigenvalue weighted by molar-refractivity contribution is 14.0. The molecular formula is C17H26BrFIN3O. The van der Waals surface area contributed by atoms with E-state index in [1.807, 2.05) is 7.05 Å². The number of nitrogens with one attached hydrogen (secondary N) is 1. The van der Waals surface area contributed by atoms with Gasteiger partial charge in [-0.2, -0.15) is 0 Å². The zero-order valence-electron chi connectivity index (χ0n) is 14.2. The summed E-state index contributed by atoms with van der Waals surface area (Å²) >= 11 is 3.37. The Kier molecular flexibility index (Phi) is 10.1. The Hall–Kier alpha value is -0.410. The van der Waals surface area contributed by atoms with Crippen molar-refractivity contribution in [1.29, 1.82) is 0 Å². The lowest BCUT2D eigenvalue weighted by molar-refractivity contribution is 0.0625. The predicted octanol–water partition coefficient (Wildman–Crippen LogP) is 4.03. The van der Waals surface area contributed by atoms with Crippen molar-refractivity contribution in [3.8, 4) is 0 Å². The summed E-state index contributed by atoms with van der Waals surface area (Å²) in [6.07, 6.45) is 3.41. The van der Waals surface area contributed by atoms with Gasteiger partial charge >= 0.3 is 0 Å². The summed E-state index contributed by atoms with van der Waals surface area (Å²) in [5, 5.41) is 3.23. The molecule has 4 nitrogen and oxygen atoms in total. The number of halogens is 3. The molecule has 1 aliphatic rings. The minimum absolute atomic E-state index is 0. The smallest absolute Gasteiger partial charge is 0.193 e. The molecule has 24 heavy (non-hydrogen) atoms. The molecule has 2 rings (SSSR count). The van der Waals surface area contributed by atoms with Crippen molar-refractivity contribution < 1.29 is 9.13 Å². The first kappa shape index (κ1) is 21.6. The summed E-state index contributed by atoms with van der Waals surface area (Å²) in [6.45, 7) is 3.11. The fourth-order valence-corrected chi connectivity index (χ4v) is 3.16. The molecule has 0 radical (unpaired) electrons. The van der Waals surface area contributed by atoms with Gasteiger partial charge in [0, 0.05) is 50.4 Å². The van der Waals surface area contributed by atoms with Crippen molar-refractivity contribution in [3.05, 3.63) is 34.1 Å². The number of rotatable bonds is 5. The van der Waals surface area contributed by atoms with Crippen molar-refractivity contribution in [2.45, 2.75) is 25.8 Å². The lowest BCUT2D eigenvalue weighted by Crippen LogP contribution is -2.39. The maximum atomic E-state index is 13.8. The largest absolute Gasteiger partial charge is 0.381 e. The normalized spacial score (nSPS) is 15.8. The van der Waals surface area contributed by atoms with Crippen molar-refractivity contribution in [2.24, 2.45) is 10.9 Å². The van der Waals surface area contributed by atoms with Crippen LogP contribution in [0.1, 0.15) is 24.8 Å². The van der Waals surface area contributed by atoms with Gasteiger partial charge in [-0.3, -0.25) is 4.99 Å². The molecule has 0 aliphatic carbocycles. The first-order valence-corrected chi connectivity index (χ1v) is 8.83. The second-order valence-electron chi connectivity index (χ2n) is 5.90. The van der Waals surface area contributed by atoms with Gasteiger partial charge in [0.15, 0.2) is 5.96 Å². The molecule has 0 saturated carbocycles. The van der Waals surface area contributed by atoms with E-state index in [9.17, 15) is 4.39 Å². The third-order valence-electron chi connectivity index (χ3n) is 4.23. The molecule has 136 valence electrons. The third-order valence-corrected chi connectivity index (χ3v) is 4.72. The fraction of sp³-hybridized carbons (Fsp3) is 0.588. The minimum atomic E-state index is -0.207. The van der Waals surface area contributed by atoms with Crippen LogP contribution in [-0.4, -0.2) is 44.7 Å². The summed E-state index contributed by atoms with van der Waals surface area (Å²) in [5.41, 5.74) is 0.623. The molecule has 0 unspecified atom stereocenters. The average molecular weight is 514 g/mol. The van der Waals surface area contributed by atoms with Gasteiger partial charge in [-0.25, -0.2) is 4.39 Å². The molecule has 1 fully saturated rings. The van der Waals surface area contributed by atoms with Gasteiger partial charge in [0.2, 0.25) is 0 Å². The lowest BCUT2D eigenvalue weighted by atomic mass is 9.96. The van der Waals surface area contributed by atoms with Crippen LogP contribution in [0, 0.1) is 11.7 Å². The maximum Gasteiger partial charge on any atom is 0.193 e. The van der Waals surface area contributed by atoms with Gasteiger partial charge in [0.25, 0.3) is 0 Å². The van der Waals surface area contributed by atoms with Crippen LogP contribution in [0.3, 0.4) is 0 Å². The van der Waals surface area contributed by atoms with Gasteiger partial charge in [-0.05, 0) is 43.4 Å². The molecule has 0 atom stereocenters. The Morgan fingerprint density at radius 1 is 1.42 bits per heavy atom. The fourth-order valence-electron chi connectivity index (χ4n) is 2.75. The molecule has 0 aromatic heterocycles. The summed E-state index contributed by atoms with van der Waals surface area (Å²) in [4.78, 5) is 6.39. The molecule has 1 aliphatic heterocycles. The molecule has 0 spiro atoms. The highest BCUT2D eigenvalue weighted by atomic mass is 127. The Morgan fingerprint density at radius 3 is 2.79 bits per heavy atom. The van der Waals surface area contributed by atoms with Gasteiger partial charge in [0.05, 0.1) is 0 Å². The van der Waals surface area contributed by atoms with E-state index in [0.29, 0.717) is 12.1 Å². The molecule has 0 amide bonds. The van der Waals surface area contributed by atoms with E-state index < -0.39 is 0 Å². The monoisotopic (exact) mass is 513 g/mol. The van der Waals surface area contributed by atoms with Crippen LogP contribution >= 0.6 is 39.9 Å². The molecule has 1 aromatic rings. The van der Waals surface area contributed by atoms with Crippen molar-refractivity contribution in [1.82, 2.24) is 10.2 Å². The second-order valence-corrected chi connectivity index (χ2v) is 6.82. The third kappa shape index (κ3) is 6.84. The highest BCUT2D eigenvalue weighted by Crippen LogP contribution is 2.18. The lowest BCUT2D eigenvalue weighted by Gasteiger charge is -2.27. The summed E-state index contributed by atoms with van der Waals surface area (Å²) in [6, 6.07) is 4.96. The first-order chi connectivity index (χ1) is 11.1. The molecule has 7 heteroatoms. The van der Waals surface area contributed by atoms with E-state index in [2.05, 4.69) is 31.1 Å². The van der Waals surface area contributed by atoms with Gasteiger partial charge in [-0.15, -0.1) is 24.0 Å². The van der Waals surface area contributed by atoms with Crippen molar-refractivity contribution in [2.75, 3.05) is 33.9 Å². The van der Waals surface area contributed by atoms with E-state index >= 15 is 0 Å². The van der Waals surface area contributed by atoms with Crippen LogP contribution in [0.25, 0.3) is 0 Å². The van der Waals surface area contributed by atoms with E-state index in [4.69, 9.17) is 4.74 Å². The van der Waals surface area contributed by atoms with Crippen LogP contribution in [0.5, 0.6) is 0 Å². The highest BCUT2D eigenvalue weighted by Gasteiger charge is 2.15. The molecular weight excluding hydrogens is 488 g/mol. The Labute approximate surface area is 169 Å². The van der Waals surface area contributed by atoms with Crippen molar-refractivity contribution >= 4 is 45.9 Å². The SMILES string of the molecule is CN=C(NCc1cc(Br)ccc1F)N(C)CCC1CCOCC1.I. The van der Waals surface area contributed by atoms with E-state index in [1.165, 1.54) is 6.07 Å².